The fourth-order valence-electron chi connectivity index (χ4n) is 5.61. The number of para-hydroxylation sites is 1. The molecule has 2 N–H and O–H groups in total. The van der Waals surface area contributed by atoms with Crippen LogP contribution in [0.3, 0.4) is 0 Å². The van der Waals surface area contributed by atoms with Gasteiger partial charge in [-0.2, -0.15) is 4.31 Å². The van der Waals surface area contributed by atoms with Crippen molar-refractivity contribution in [3.05, 3.63) is 71.2 Å². The summed E-state index contributed by atoms with van der Waals surface area (Å²) in [6, 6.07) is 16.8. The molecule has 0 saturated heterocycles. The number of rotatable bonds is 4. The van der Waals surface area contributed by atoms with E-state index in [0.717, 1.165) is 31.4 Å². The molecule has 0 bridgehead atoms. The molecule has 1 aliphatic heterocycles. The van der Waals surface area contributed by atoms with Crippen LogP contribution in [0.25, 0.3) is 11.1 Å². The van der Waals surface area contributed by atoms with Crippen molar-refractivity contribution in [3.8, 4) is 16.9 Å². The van der Waals surface area contributed by atoms with Crippen LogP contribution in [0.2, 0.25) is 5.02 Å². The van der Waals surface area contributed by atoms with Gasteiger partial charge in [-0.05, 0) is 60.7 Å². The number of likely N-dealkylation sites (N-methyl/N-ethyl adjacent to an activating group) is 1. The van der Waals surface area contributed by atoms with E-state index in [9.17, 15) is 23.4 Å². The first kappa shape index (κ1) is 25.6. The monoisotopic (exact) mass is 540 g/mol. The van der Waals surface area contributed by atoms with E-state index in [4.69, 9.17) is 11.6 Å². The molecule has 1 fully saturated rings. The van der Waals surface area contributed by atoms with Crippen molar-refractivity contribution in [2.24, 2.45) is 5.92 Å². The number of fused-ring (bicyclic) bond motifs is 1. The summed E-state index contributed by atoms with van der Waals surface area (Å²) in [6.45, 7) is 0.495. The van der Waals surface area contributed by atoms with E-state index in [0.29, 0.717) is 23.4 Å². The van der Waals surface area contributed by atoms with Gasteiger partial charge in [0.25, 0.3) is 0 Å². The summed E-state index contributed by atoms with van der Waals surface area (Å²) in [5.41, 5.74) is 1.86. The number of halogens is 1. The number of nitrogens with zero attached hydrogens (tertiary/aromatic N) is 2. The maximum atomic E-state index is 14.1. The topological polar surface area (TPSA) is 98.2 Å². The zero-order chi connectivity index (χ0) is 26.3. The molecular formula is C28H29ClN2O5S. The Labute approximate surface area is 222 Å². The van der Waals surface area contributed by atoms with E-state index < -0.39 is 16.0 Å². The zero-order valence-corrected chi connectivity index (χ0v) is 22.0. The van der Waals surface area contributed by atoms with Gasteiger partial charge in [0, 0.05) is 30.9 Å². The first-order valence-electron chi connectivity index (χ1n) is 12.4. The summed E-state index contributed by atoms with van der Waals surface area (Å²) >= 11 is 6.74. The Morgan fingerprint density at radius 1 is 1.00 bits per heavy atom. The molecule has 1 aliphatic carbocycles. The summed E-state index contributed by atoms with van der Waals surface area (Å²) in [5.74, 6) is -1.41. The second-order valence-electron chi connectivity index (χ2n) is 9.77. The quantitative estimate of drug-likeness (QED) is 0.413. The summed E-state index contributed by atoms with van der Waals surface area (Å²) in [6.07, 6.45) is 5.33. The molecule has 1 atom stereocenters. The number of benzene rings is 3. The maximum absolute atomic E-state index is 14.1. The van der Waals surface area contributed by atoms with Crippen molar-refractivity contribution in [2.45, 2.75) is 43.0 Å². The minimum absolute atomic E-state index is 0.113. The van der Waals surface area contributed by atoms with Crippen molar-refractivity contribution in [1.82, 2.24) is 4.31 Å². The third-order valence-electron chi connectivity index (χ3n) is 7.63. The van der Waals surface area contributed by atoms with Crippen LogP contribution in [-0.4, -0.2) is 48.5 Å². The molecule has 1 heterocycles. The average Bonchev–Trinajstić information content (AvgIpc) is 2.97. The highest BCUT2D eigenvalue weighted by molar-refractivity contribution is 7.89. The van der Waals surface area contributed by atoms with Crippen LogP contribution >= 0.6 is 11.6 Å². The Kier molecular flexibility index (Phi) is 6.91. The van der Waals surface area contributed by atoms with Gasteiger partial charge in [-0.3, -0.25) is 0 Å². The average molecular weight is 541 g/mol. The summed E-state index contributed by atoms with van der Waals surface area (Å²) in [5, 5.41) is 19.7. The zero-order valence-electron chi connectivity index (χ0n) is 20.5. The van der Waals surface area contributed by atoms with Gasteiger partial charge in [0.05, 0.1) is 10.7 Å². The standard InChI is InChI=1S/C28H29ClN2O5S/c1-30-25(18-8-4-2-5-9-18)17-31(20-10-6-3-7-11-20)24-16-23(29)21(15-27(24)37(30,35)36)19-12-13-26(32)22(14-19)28(33)34/h3,6-7,10-16,18,25,32H,2,4-5,8-9,17H2,1H3,(H,33,34)/t25-/m0/s1. The molecule has 2 aliphatic rings. The van der Waals surface area contributed by atoms with Gasteiger partial charge >= 0.3 is 5.97 Å². The highest BCUT2D eigenvalue weighted by Crippen LogP contribution is 2.44. The molecule has 5 rings (SSSR count). The van der Waals surface area contributed by atoms with Gasteiger partial charge in [-0.1, -0.05) is 55.1 Å². The molecule has 7 nitrogen and oxygen atoms in total. The predicted molar refractivity (Wildman–Crippen MR) is 144 cm³/mol. The normalized spacial score (nSPS) is 20.3. The minimum Gasteiger partial charge on any atom is -0.507 e. The van der Waals surface area contributed by atoms with Crippen LogP contribution in [0.15, 0.2) is 65.6 Å². The molecule has 0 unspecified atom stereocenters. The largest absolute Gasteiger partial charge is 0.507 e. The number of aromatic carboxylic acids is 1. The maximum Gasteiger partial charge on any atom is 0.339 e. The van der Waals surface area contributed by atoms with Crippen LogP contribution in [0.4, 0.5) is 11.4 Å². The van der Waals surface area contributed by atoms with E-state index in [1.807, 2.05) is 35.2 Å². The number of carboxylic acids is 1. The molecule has 3 aromatic carbocycles. The van der Waals surface area contributed by atoms with Crippen molar-refractivity contribution >= 4 is 39.0 Å². The first-order valence-corrected chi connectivity index (χ1v) is 14.2. The molecule has 0 amide bonds. The molecule has 9 heteroatoms. The number of hydrogen-bond donors (Lipinski definition) is 2. The number of phenols is 1. The number of sulfonamides is 1. The third kappa shape index (κ3) is 4.69. The van der Waals surface area contributed by atoms with Crippen molar-refractivity contribution in [2.75, 3.05) is 18.5 Å². The number of carboxylic acid groups (broad SMARTS) is 1. The number of carbonyl (C=O) groups is 1. The van der Waals surface area contributed by atoms with Gasteiger partial charge in [-0.25, -0.2) is 13.2 Å². The Morgan fingerprint density at radius 2 is 1.70 bits per heavy atom. The number of aromatic hydroxyl groups is 1. The fourth-order valence-corrected chi connectivity index (χ4v) is 7.48. The second kappa shape index (κ2) is 10.0. The number of hydrogen-bond acceptors (Lipinski definition) is 5. The van der Waals surface area contributed by atoms with E-state index in [1.54, 1.807) is 13.1 Å². The summed E-state index contributed by atoms with van der Waals surface area (Å²) < 4.78 is 29.7. The lowest BCUT2D eigenvalue weighted by Gasteiger charge is -2.36. The first-order chi connectivity index (χ1) is 17.7. The van der Waals surface area contributed by atoms with Crippen LogP contribution in [0, 0.1) is 5.92 Å². The molecule has 194 valence electrons. The summed E-state index contributed by atoms with van der Waals surface area (Å²) in [4.78, 5) is 13.7. The van der Waals surface area contributed by atoms with E-state index in [1.165, 1.54) is 35.0 Å². The molecule has 0 spiro atoms. The van der Waals surface area contributed by atoms with Crippen LogP contribution in [-0.2, 0) is 10.0 Å². The third-order valence-corrected chi connectivity index (χ3v) is 9.86. The highest BCUT2D eigenvalue weighted by Gasteiger charge is 2.41. The SMILES string of the molecule is CN1[C@H](C2CCCCC2)CN(c2ccccc2)c2cc(Cl)c(-c3ccc(O)c(C(=O)O)c3)cc2S1(=O)=O. The molecule has 1 saturated carbocycles. The van der Waals surface area contributed by atoms with Crippen LogP contribution < -0.4 is 4.90 Å². The van der Waals surface area contributed by atoms with Gasteiger partial charge in [0.1, 0.15) is 16.2 Å². The lowest BCUT2D eigenvalue weighted by Crippen LogP contribution is -2.46. The lowest BCUT2D eigenvalue weighted by atomic mass is 9.83. The van der Waals surface area contributed by atoms with Crippen LogP contribution in [0.5, 0.6) is 5.75 Å². The minimum atomic E-state index is -3.91. The molecule has 0 radical (unpaired) electrons. The van der Waals surface area contributed by atoms with E-state index in [2.05, 4.69) is 0 Å². The second-order valence-corrected chi connectivity index (χ2v) is 12.1. The molecule has 37 heavy (non-hydrogen) atoms. The van der Waals surface area contributed by atoms with Crippen LogP contribution in [0.1, 0.15) is 42.5 Å². The van der Waals surface area contributed by atoms with Crippen molar-refractivity contribution in [3.63, 3.8) is 0 Å². The highest BCUT2D eigenvalue weighted by atomic mass is 35.5. The fraction of sp³-hybridized carbons (Fsp3) is 0.321. The molecule has 3 aromatic rings. The van der Waals surface area contributed by atoms with Gasteiger partial charge < -0.3 is 15.1 Å². The van der Waals surface area contributed by atoms with Gasteiger partial charge in [0.15, 0.2) is 0 Å². The Hall–Kier alpha value is -3.07. The van der Waals surface area contributed by atoms with E-state index >= 15 is 0 Å². The van der Waals surface area contributed by atoms with Crippen molar-refractivity contribution < 1.29 is 23.4 Å². The van der Waals surface area contributed by atoms with Gasteiger partial charge in [0.2, 0.25) is 10.0 Å². The Morgan fingerprint density at radius 3 is 2.38 bits per heavy atom. The molecule has 0 aromatic heterocycles. The smallest absolute Gasteiger partial charge is 0.339 e. The lowest BCUT2D eigenvalue weighted by molar-refractivity contribution is 0.0693. The Bertz CT molecular complexity index is 1440. The number of anilines is 2. The van der Waals surface area contributed by atoms with Gasteiger partial charge in [-0.15, -0.1) is 0 Å². The predicted octanol–water partition coefficient (Wildman–Crippen LogP) is 6.13. The summed E-state index contributed by atoms with van der Waals surface area (Å²) in [7, 11) is -2.25. The Balaban J connectivity index is 1.71. The van der Waals surface area contributed by atoms with E-state index in [-0.39, 0.29) is 33.2 Å². The molecular weight excluding hydrogens is 512 g/mol. The van der Waals surface area contributed by atoms with Crippen molar-refractivity contribution in [1.29, 1.82) is 0 Å².